The topological polar surface area (TPSA) is 72.2 Å². The summed E-state index contributed by atoms with van der Waals surface area (Å²) in [4.78, 5) is 4.83. The Kier molecular flexibility index (Phi) is 2.76. The van der Waals surface area contributed by atoms with E-state index in [9.17, 15) is 5.11 Å². The molecule has 0 aliphatic carbocycles. The van der Waals surface area contributed by atoms with E-state index in [0.29, 0.717) is 12.2 Å². The van der Waals surface area contributed by atoms with Crippen LogP contribution in [-0.4, -0.2) is 24.3 Å². The van der Waals surface area contributed by atoms with Crippen molar-refractivity contribution in [1.29, 1.82) is 0 Å². The number of aliphatic hydroxyl groups excluding tert-OH is 1. The Balaban J connectivity index is 2.30. The van der Waals surface area contributed by atoms with Crippen molar-refractivity contribution in [2.75, 3.05) is 18.0 Å². The number of rotatable bonds is 2. The lowest BCUT2D eigenvalue weighted by Crippen LogP contribution is -2.21. The van der Waals surface area contributed by atoms with E-state index < -0.39 is 0 Å². The van der Waals surface area contributed by atoms with Gasteiger partial charge in [-0.2, -0.15) is 0 Å². The predicted molar refractivity (Wildman–Crippen MR) is 58.1 cm³/mol. The first-order valence-electron chi connectivity index (χ1n) is 4.88. The monoisotopic (exact) mass is 204 g/mol. The van der Waals surface area contributed by atoms with Crippen LogP contribution in [0.2, 0.25) is 0 Å². The zero-order valence-corrected chi connectivity index (χ0v) is 8.24. The Morgan fingerprint density at radius 1 is 1.47 bits per heavy atom. The first kappa shape index (κ1) is 9.83. The molecule has 1 aliphatic rings. The SMILES string of the molecule is [N-]=[N+]=Nc1ccccc1N1CCC(O)C1. The summed E-state index contributed by atoms with van der Waals surface area (Å²) in [6, 6.07) is 7.41. The van der Waals surface area contributed by atoms with E-state index in [0.717, 1.165) is 18.7 Å². The van der Waals surface area contributed by atoms with Crippen LogP contribution in [0.25, 0.3) is 10.4 Å². The third kappa shape index (κ3) is 2.03. The minimum Gasteiger partial charge on any atom is -0.391 e. The van der Waals surface area contributed by atoms with Gasteiger partial charge in [0.05, 0.1) is 11.8 Å². The van der Waals surface area contributed by atoms with Gasteiger partial charge in [-0.15, -0.1) is 0 Å². The maximum absolute atomic E-state index is 9.44. The minimum absolute atomic E-state index is 0.274. The molecule has 5 nitrogen and oxygen atoms in total. The van der Waals surface area contributed by atoms with Crippen LogP contribution in [0.3, 0.4) is 0 Å². The van der Waals surface area contributed by atoms with Gasteiger partial charge in [0.1, 0.15) is 0 Å². The Bertz CT molecular complexity index is 400. The van der Waals surface area contributed by atoms with Crippen LogP contribution in [0.1, 0.15) is 6.42 Å². The molecule has 1 fully saturated rings. The lowest BCUT2D eigenvalue weighted by molar-refractivity contribution is 0.198. The molecule has 15 heavy (non-hydrogen) atoms. The summed E-state index contributed by atoms with van der Waals surface area (Å²) in [6.45, 7) is 1.41. The van der Waals surface area contributed by atoms with Crippen molar-refractivity contribution in [2.45, 2.75) is 12.5 Å². The highest BCUT2D eigenvalue weighted by Crippen LogP contribution is 2.30. The summed E-state index contributed by atoms with van der Waals surface area (Å²) in [5.41, 5.74) is 9.94. The second-order valence-electron chi connectivity index (χ2n) is 3.57. The molecular weight excluding hydrogens is 192 g/mol. The minimum atomic E-state index is -0.274. The lowest BCUT2D eigenvalue weighted by atomic mass is 10.2. The highest BCUT2D eigenvalue weighted by Gasteiger charge is 2.21. The third-order valence-corrected chi connectivity index (χ3v) is 2.54. The second-order valence-corrected chi connectivity index (χ2v) is 3.57. The second kappa shape index (κ2) is 4.21. The number of aliphatic hydroxyl groups is 1. The maximum Gasteiger partial charge on any atom is 0.0731 e. The molecule has 1 aromatic carbocycles. The third-order valence-electron chi connectivity index (χ3n) is 2.54. The Hall–Kier alpha value is -1.71. The van der Waals surface area contributed by atoms with Crippen molar-refractivity contribution in [2.24, 2.45) is 5.11 Å². The van der Waals surface area contributed by atoms with Gasteiger partial charge in [0.15, 0.2) is 0 Å². The maximum atomic E-state index is 9.44. The molecule has 1 aliphatic heterocycles. The number of anilines is 1. The molecule has 78 valence electrons. The van der Waals surface area contributed by atoms with Crippen molar-refractivity contribution >= 4 is 11.4 Å². The number of azide groups is 1. The van der Waals surface area contributed by atoms with Crippen LogP contribution in [-0.2, 0) is 0 Å². The fourth-order valence-electron chi connectivity index (χ4n) is 1.82. The summed E-state index contributed by atoms with van der Waals surface area (Å²) in [7, 11) is 0. The zero-order valence-electron chi connectivity index (χ0n) is 8.24. The summed E-state index contributed by atoms with van der Waals surface area (Å²) in [5, 5.41) is 13.1. The number of hydrogen-bond donors (Lipinski definition) is 1. The lowest BCUT2D eigenvalue weighted by Gasteiger charge is -2.19. The van der Waals surface area contributed by atoms with Gasteiger partial charge in [-0.1, -0.05) is 23.3 Å². The van der Waals surface area contributed by atoms with Crippen molar-refractivity contribution in [1.82, 2.24) is 0 Å². The fourth-order valence-corrected chi connectivity index (χ4v) is 1.82. The van der Waals surface area contributed by atoms with E-state index in [2.05, 4.69) is 10.0 Å². The van der Waals surface area contributed by atoms with E-state index in [1.807, 2.05) is 23.1 Å². The Morgan fingerprint density at radius 3 is 2.93 bits per heavy atom. The number of benzene rings is 1. The average molecular weight is 204 g/mol. The highest BCUT2D eigenvalue weighted by atomic mass is 16.3. The average Bonchev–Trinajstić information content (AvgIpc) is 2.66. The van der Waals surface area contributed by atoms with Crippen LogP contribution in [0, 0.1) is 0 Å². The molecule has 1 saturated heterocycles. The summed E-state index contributed by atoms with van der Waals surface area (Å²) in [6.07, 6.45) is 0.494. The molecule has 0 bridgehead atoms. The van der Waals surface area contributed by atoms with Gasteiger partial charge in [0, 0.05) is 23.7 Å². The van der Waals surface area contributed by atoms with Crippen LogP contribution in [0.4, 0.5) is 11.4 Å². The van der Waals surface area contributed by atoms with Gasteiger partial charge in [-0.25, -0.2) is 0 Å². The summed E-state index contributed by atoms with van der Waals surface area (Å²) in [5.74, 6) is 0. The largest absolute Gasteiger partial charge is 0.391 e. The first-order valence-corrected chi connectivity index (χ1v) is 4.88. The molecule has 1 N–H and O–H groups in total. The van der Waals surface area contributed by atoms with Gasteiger partial charge in [0.25, 0.3) is 0 Å². The zero-order chi connectivity index (χ0) is 10.7. The van der Waals surface area contributed by atoms with Crippen LogP contribution in [0.15, 0.2) is 29.4 Å². The Morgan fingerprint density at radius 2 is 2.27 bits per heavy atom. The molecule has 0 radical (unpaired) electrons. The van der Waals surface area contributed by atoms with Crippen molar-refractivity contribution in [3.8, 4) is 0 Å². The molecule has 0 aromatic heterocycles. The van der Waals surface area contributed by atoms with Crippen LogP contribution in [0.5, 0.6) is 0 Å². The van der Waals surface area contributed by atoms with Gasteiger partial charge >= 0.3 is 0 Å². The van der Waals surface area contributed by atoms with E-state index in [-0.39, 0.29) is 6.10 Å². The highest BCUT2D eigenvalue weighted by molar-refractivity contribution is 5.67. The van der Waals surface area contributed by atoms with E-state index in [1.54, 1.807) is 6.07 Å². The first-order chi connectivity index (χ1) is 7.31. The van der Waals surface area contributed by atoms with E-state index in [1.165, 1.54) is 0 Å². The van der Waals surface area contributed by atoms with Gasteiger partial charge < -0.3 is 10.0 Å². The molecule has 1 heterocycles. The molecule has 1 atom stereocenters. The smallest absolute Gasteiger partial charge is 0.0731 e. The summed E-state index contributed by atoms with van der Waals surface area (Å²) < 4.78 is 0. The van der Waals surface area contributed by atoms with E-state index in [4.69, 9.17) is 5.53 Å². The standard InChI is InChI=1S/C10H12N4O/c11-13-12-9-3-1-2-4-10(9)14-6-5-8(15)7-14/h1-4,8,15H,5-7H2. The number of hydrogen-bond acceptors (Lipinski definition) is 3. The molecular formula is C10H12N4O. The molecule has 1 aromatic rings. The molecule has 5 heteroatoms. The van der Waals surface area contributed by atoms with Crippen LogP contribution >= 0.6 is 0 Å². The molecule has 1 unspecified atom stereocenters. The Labute approximate surface area is 87.6 Å². The van der Waals surface area contributed by atoms with Crippen molar-refractivity contribution in [3.63, 3.8) is 0 Å². The number of nitrogens with zero attached hydrogens (tertiary/aromatic N) is 4. The molecule has 2 rings (SSSR count). The van der Waals surface area contributed by atoms with Crippen molar-refractivity contribution < 1.29 is 5.11 Å². The normalized spacial score (nSPS) is 20.1. The van der Waals surface area contributed by atoms with E-state index >= 15 is 0 Å². The quantitative estimate of drug-likeness (QED) is 0.455. The predicted octanol–water partition coefficient (Wildman–Crippen LogP) is 2.20. The van der Waals surface area contributed by atoms with Crippen molar-refractivity contribution in [3.05, 3.63) is 34.7 Å². The van der Waals surface area contributed by atoms with Crippen LogP contribution < -0.4 is 4.90 Å². The fraction of sp³-hybridized carbons (Fsp3) is 0.400. The summed E-state index contributed by atoms with van der Waals surface area (Å²) >= 11 is 0. The molecule has 0 spiro atoms. The van der Waals surface area contributed by atoms with Gasteiger partial charge in [-0.05, 0) is 18.0 Å². The number of β-amino-alcohol motifs (C(OH)–C–C–N with tert-alkyl or cyclic N) is 1. The van der Waals surface area contributed by atoms with Gasteiger partial charge in [0.2, 0.25) is 0 Å². The number of para-hydroxylation sites is 1. The molecule has 0 amide bonds. The molecule has 0 saturated carbocycles. The van der Waals surface area contributed by atoms with Gasteiger partial charge in [-0.3, -0.25) is 0 Å².